The first-order valence-electron chi connectivity index (χ1n) is 9.16. The van der Waals surface area contributed by atoms with Gasteiger partial charge in [0, 0.05) is 11.3 Å². The monoisotopic (exact) mass is 476 g/mol. The summed E-state index contributed by atoms with van der Waals surface area (Å²) in [5.74, 6) is 1.54. The topological polar surface area (TPSA) is 59.6 Å². The van der Waals surface area contributed by atoms with Crippen LogP contribution in [0.2, 0.25) is 0 Å². The Hall–Kier alpha value is -2.38. The van der Waals surface area contributed by atoms with Crippen molar-refractivity contribution in [2.45, 2.75) is 20.8 Å². The highest BCUT2D eigenvalue weighted by atomic mass is 79.9. The average Bonchev–Trinajstić information content (AvgIpc) is 2.66. The number of thiocarbonyl (C=S) groups is 1. The normalized spacial score (nSPS) is 10.4. The van der Waals surface area contributed by atoms with Gasteiger partial charge < -0.3 is 14.8 Å². The zero-order valence-electron chi connectivity index (χ0n) is 16.8. The molecule has 0 aromatic heterocycles. The van der Waals surface area contributed by atoms with E-state index in [1.165, 1.54) is 0 Å². The third kappa shape index (κ3) is 7.87. The first-order chi connectivity index (χ1) is 13.7. The van der Waals surface area contributed by atoms with Gasteiger partial charge in [0.25, 0.3) is 5.91 Å². The molecule has 2 aromatic rings. The largest absolute Gasteiger partial charge is 0.492 e. The number of benzene rings is 2. The van der Waals surface area contributed by atoms with E-state index in [-0.39, 0.29) is 11.0 Å². The van der Waals surface area contributed by atoms with Gasteiger partial charge in [-0.2, -0.15) is 0 Å². The van der Waals surface area contributed by atoms with Crippen molar-refractivity contribution in [3.63, 3.8) is 0 Å². The predicted octanol–water partition coefficient (Wildman–Crippen LogP) is 5.57. The highest BCUT2D eigenvalue weighted by molar-refractivity contribution is 9.10. The minimum absolute atomic E-state index is 0.210. The summed E-state index contributed by atoms with van der Waals surface area (Å²) in [6.07, 6.45) is 0. The summed E-state index contributed by atoms with van der Waals surface area (Å²) in [6.45, 7) is 10.9. The third-order valence-electron chi connectivity index (χ3n) is 3.59. The minimum Gasteiger partial charge on any atom is -0.492 e. The van der Waals surface area contributed by atoms with E-state index in [1.807, 2.05) is 31.2 Å². The molecule has 0 radical (unpaired) electrons. The van der Waals surface area contributed by atoms with Gasteiger partial charge in [0.05, 0.1) is 11.1 Å². The quantitative estimate of drug-likeness (QED) is 0.385. The Balaban J connectivity index is 1.90. The van der Waals surface area contributed by atoms with E-state index in [4.69, 9.17) is 21.7 Å². The number of carbonyl (C=O) groups is 1. The van der Waals surface area contributed by atoms with Crippen LogP contribution in [0.1, 0.15) is 31.1 Å². The average molecular weight is 477 g/mol. The second kappa shape index (κ2) is 11.0. The number of anilines is 1. The molecule has 0 atom stereocenters. The van der Waals surface area contributed by atoms with Crippen LogP contribution in [0.4, 0.5) is 5.69 Å². The molecule has 1 amide bonds. The SMILES string of the molecule is C=C(C)COc1ccc(NC(=S)NC(=O)c2ccc(OCC(C)C)c(Br)c2)cc1. The van der Waals surface area contributed by atoms with Crippen molar-refractivity contribution in [1.29, 1.82) is 0 Å². The Morgan fingerprint density at radius 1 is 1.17 bits per heavy atom. The van der Waals surface area contributed by atoms with Crippen LogP contribution in [0.25, 0.3) is 0 Å². The molecule has 0 saturated heterocycles. The molecule has 7 heteroatoms. The van der Waals surface area contributed by atoms with Crippen LogP contribution in [0.15, 0.2) is 59.1 Å². The molecule has 0 bridgehead atoms. The van der Waals surface area contributed by atoms with E-state index in [1.54, 1.807) is 18.2 Å². The van der Waals surface area contributed by atoms with Crippen LogP contribution in [0, 0.1) is 5.92 Å². The van der Waals surface area contributed by atoms with E-state index in [2.05, 4.69) is 47.0 Å². The van der Waals surface area contributed by atoms with E-state index >= 15 is 0 Å². The summed E-state index contributed by atoms with van der Waals surface area (Å²) in [4.78, 5) is 12.4. The maximum atomic E-state index is 12.4. The molecule has 2 aromatic carbocycles. The molecule has 29 heavy (non-hydrogen) atoms. The molecule has 0 aliphatic rings. The van der Waals surface area contributed by atoms with E-state index in [9.17, 15) is 4.79 Å². The van der Waals surface area contributed by atoms with Gasteiger partial charge in [0.15, 0.2) is 5.11 Å². The summed E-state index contributed by atoms with van der Waals surface area (Å²) < 4.78 is 12.0. The second-order valence-corrected chi connectivity index (χ2v) is 8.29. The van der Waals surface area contributed by atoms with Crippen LogP contribution in [0.5, 0.6) is 11.5 Å². The molecule has 0 saturated carbocycles. The maximum Gasteiger partial charge on any atom is 0.257 e. The van der Waals surface area contributed by atoms with Crippen molar-refractivity contribution in [1.82, 2.24) is 5.32 Å². The Kier molecular flexibility index (Phi) is 8.67. The summed E-state index contributed by atoms with van der Waals surface area (Å²) in [6, 6.07) is 12.5. The van der Waals surface area contributed by atoms with Crippen LogP contribution >= 0.6 is 28.1 Å². The fraction of sp³-hybridized carbons (Fsp3) is 0.273. The highest BCUT2D eigenvalue weighted by Crippen LogP contribution is 2.26. The van der Waals surface area contributed by atoms with Crippen molar-refractivity contribution >= 4 is 44.9 Å². The molecule has 0 fully saturated rings. The smallest absolute Gasteiger partial charge is 0.257 e. The predicted molar refractivity (Wildman–Crippen MR) is 125 cm³/mol. The van der Waals surface area contributed by atoms with Crippen LogP contribution in [-0.4, -0.2) is 24.2 Å². The molecule has 2 rings (SSSR count). The van der Waals surface area contributed by atoms with Crippen LogP contribution in [-0.2, 0) is 0 Å². The zero-order chi connectivity index (χ0) is 21.4. The number of ether oxygens (including phenoxy) is 2. The fourth-order valence-corrected chi connectivity index (χ4v) is 2.90. The molecular formula is C22H25BrN2O3S. The Morgan fingerprint density at radius 3 is 2.45 bits per heavy atom. The Labute approximate surface area is 185 Å². The van der Waals surface area contributed by atoms with Crippen LogP contribution < -0.4 is 20.1 Å². The second-order valence-electron chi connectivity index (χ2n) is 7.03. The van der Waals surface area contributed by atoms with Gasteiger partial charge in [-0.1, -0.05) is 20.4 Å². The van der Waals surface area contributed by atoms with E-state index < -0.39 is 0 Å². The van der Waals surface area contributed by atoms with Crippen molar-refractivity contribution in [2.24, 2.45) is 5.92 Å². The number of halogens is 1. The first-order valence-corrected chi connectivity index (χ1v) is 10.4. The summed E-state index contributed by atoms with van der Waals surface area (Å²) >= 11 is 8.68. The van der Waals surface area contributed by atoms with Gasteiger partial charge in [0.2, 0.25) is 0 Å². The molecular weight excluding hydrogens is 452 g/mol. The lowest BCUT2D eigenvalue weighted by atomic mass is 10.2. The van der Waals surface area contributed by atoms with Crippen molar-refractivity contribution < 1.29 is 14.3 Å². The lowest BCUT2D eigenvalue weighted by Crippen LogP contribution is -2.34. The fourth-order valence-electron chi connectivity index (χ4n) is 2.19. The summed E-state index contributed by atoms with van der Waals surface area (Å²) in [5.41, 5.74) is 2.17. The summed E-state index contributed by atoms with van der Waals surface area (Å²) in [7, 11) is 0. The Bertz CT molecular complexity index is 882. The highest BCUT2D eigenvalue weighted by Gasteiger charge is 2.11. The van der Waals surface area contributed by atoms with Gasteiger partial charge in [0.1, 0.15) is 18.1 Å². The molecule has 0 heterocycles. The first kappa shape index (κ1) is 22.9. The molecule has 0 unspecified atom stereocenters. The number of hydrogen-bond donors (Lipinski definition) is 2. The van der Waals surface area contributed by atoms with Gasteiger partial charge in [-0.15, -0.1) is 0 Å². The molecule has 2 N–H and O–H groups in total. The number of nitrogens with one attached hydrogen (secondary N) is 2. The van der Waals surface area contributed by atoms with Crippen LogP contribution in [0.3, 0.4) is 0 Å². The van der Waals surface area contributed by atoms with Gasteiger partial charge >= 0.3 is 0 Å². The zero-order valence-corrected chi connectivity index (χ0v) is 19.2. The summed E-state index contributed by atoms with van der Waals surface area (Å²) in [5, 5.41) is 5.87. The Morgan fingerprint density at radius 2 is 1.86 bits per heavy atom. The van der Waals surface area contributed by atoms with Crippen molar-refractivity contribution in [3.05, 3.63) is 64.7 Å². The van der Waals surface area contributed by atoms with E-state index in [0.29, 0.717) is 30.4 Å². The number of amides is 1. The van der Waals surface area contributed by atoms with Gasteiger partial charge in [-0.25, -0.2) is 0 Å². The molecule has 0 aliphatic heterocycles. The standard InChI is InChI=1S/C22H25BrN2O3S/c1-14(2)12-27-18-8-6-17(7-9-18)24-22(29)25-21(26)16-5-10-20(19(23)11-16)28-13-15(3)4/h5-11,15H,1,12-13H2,2-4H3,(H2,24,25,26,29). The molecule has 0 spiro atoms. The molecule has 5 nitrogen and oxygen atoms in total. The van der Waals surface area contributed by atoms with Gasteiger partial charge in [-0.3, -0.25) is 10.1 Å². The number of hydrogen-bond acceptors (Lipinski definition) is 4. The van der Waals surface area contributed by atoms with Gasteiger partial charge in [-0.05, 0) is 89.0 Å². The minimum atomic E-state index is -0.306. The van der Waals surface area contributed by atoms with E-state index in [0.717, 1.165) is 21.5 Å². The lowest BCUT2D eigenvalue weighted by molar-refractivity contribution is 0.0977. The third-order valence-corrected chi connectivity index (χ3v) is 4.41. The molecule has 0 aliphatic carbocycles. The number of rotatable bonds is 8. The van der Waals surface area contributed by atoms with Crippen molar-refractivity contribution in [2.75, 3.05) is 18.5 Å². The van der Waals surface area contributed by atoms with Crippen molar-refractivity contribution in [3.8, 4) is 11.5 Å². The molecule has 154 valence electrons. The lowest BCUT2D eigenvalue weighted by Gasteiger charge is -2.13. The number of carbonyl (C=O) groups excluding carboxylic acids is 1. The maximum absolute atomic E-state index is 12.4.